The summed E-state index contributed by atoms with van der Waals surface area (Å²) in [5.74, 6) is 0.0550. The second-order valence-electron chi connectivity index (χ2n) is 10.1. The molecular weight excluding hydrogens is 500 g/mol. The van der Waals surface area contributed by atoms with Gasteiger partial charge in [-0.3, -0.25) is 9.48 Å². The van der Waals surface area contributed by atoms with E-state index in [1.54, 1.807) is 31.3 Å². The van der Waals surface area contributed by atoms with Gasteiger partial charge in [-0.2, -0.15) is 5.10 Å². The molecule has 0 fully saturated rings. The molecule has 0 aliphatic carbocycles. The fourth-order valence-corrected chi connectivity index (χ4v) is 6.15. The molecule has 3 heterocycles. The summed E-state index contributed by atoms with van der Waals surface area (Å²) in [6.45, 7) is 7.38. The van der Waals surface area contributed by atoms with Crippen molar-refractivity contribution in [2.75, 3.05) is 5.75 Å². The Bertz CT molecular complexity index is 1710. The summed E-state index contributed by atoms with van der Waals surface area (Å²) in [4.78, 5) is 12.8. The van der Waals surface area contributed by atoms with Crippen molar-refractivity contribution in [2.45, 2.75) is 45.2 Å². The van der Waals surface area contributed by atoms with Gasteiger partial charge in [0.15, 0.2) is 15.6 Å². The van der Waals surface area contributed by atoms with Crippen molar-refractivity contribution in [2.24, 2.45) is 5.92 Å². The number of ketones is 1. The van der Waals surface area contributed by atoms with Gasteiger partial charge in [0.2, 0.25) is 0 Å². The van der Waals surface area contributed by atoms with Gasteiger partial charge in [0.05, 0.1) is 23.2 Å². The highest BCUT2D eigenvalue weighted by atomic mass is 32.2. The molecule has 0 saturated heterocycles. The SMILES string of the molecule is Cc1cc(CC(=O)CS(=O)(=O)c2cn(Cc3cccc(-c4cnn(CC(C)C)c4)c3)c3ccccc23)no1. The molecule has 0 aliphatic rings. The Labute approximate surface area is 221 Å². The van der Waals surface area contributed by atoms with Crippen LogP contribution in [-0.2, 0) is 34.1 Å². The van der Waals surface area contributed by atoms with Gasteiger partial charge in [0.1, 0.15) is 11.5 Å². The maximum absolute atomic E-state index is 13.3. The van der Waals surface area contributed by atoms with Crippen LogP contribution in [0.25, 0.3) is 22.0 Å². The number of aromatic nitrogens is 4. The predicted molar refractivity (Wildman–Crippen MR) is 146 cm³/mol. The van der Waals surface area contributed by atoms with E-state index in [0.29, 0.717) is 29.3 Å². The van der Waals surface area contributed by atoms with Crippen LogP contribution in [0, 0.1) is 12.8 Å². The summed E-state index contributed by atoms with van der Waals surface area (Å²) in [6.07, 6.45) is 5.47. The zero-order chi connectivity index (χ0) is 26.9. The topological polar surface area (TPSA) is 100.0 Å². The van der Waals surface area contributed by atoms with Crippen LogP contribution < -0.4 is 0 Å². The van der Waals surface area contributed by atoms with E-state index in [2.05, 4.69) is 30.2 Å². The molecule has 0 atom stereocenters. The molecule has 0 radical (unpaired) electrons. The van der Waals surface area contributed by atoms with Crippen LogP contribution in [0.3, 0.4) is 0 Å². The molecule has 2 aromatic carbocycles. The summed E-state index contributed by atoms with van der Waals surface area (Å²) in [7, 11) is -3.87. The molecule has 5 aromatic rings. The summed E-state index contributed by atoms with van der Waals surface area (Å²) >= 11 is 0. The average Bonchev–Trinajstić information content (AvgIpc) is 3.58. The molecule has 0 N–H and O–H groups in total. The van der Waals surface area contributed by atoms with E-state index in [-0.39, 0.29) is 11.3 Å². The van der Waals surface area contributed by atoms with E-state index < -0.39 is 21.4 Å². The van der Waals surface area contributed by atoms with Gasteiger partial charge in [0.25, 0.3) is 0 Å². The van der Waals surface area contributed by atoms with Crippen molar-refractivity contribution in [1.29, 1.82) is 0 Å². The Morgan fingerprint density at radius 3 is 2.61 bits per heavy atom. The number of benzene rings is 2. The number of fused-ring (bicyclic) bond motifs is 1. The van der Waals surface area contributed by atoms with Crippen LogP contribution in [0.15, 0.2) is 82.6 Å². The first-order chi connectivity index (χ1) is 18.2. The normalized spacial score (nSPS) is 12.0. The Morgan fingerprint density at radius 2 is 1.84 bits per heavy atom. The Kier molecular flexibility index (Phi) is 7.03. The molecule has 38 heavy (non-hydrogen) atoms. The second-order valence-corrected chi connectivity index (χ2v) is 12.0. The molecule has 5 rings (SSSR count). The van der Waals surface area contributed by atoms with E-state index in [1.165, 1.54) is 0 Å². The maximum atomic E-state index is 13.3. The van der Waals surface area contributed by atoms with Crippen LogP contribution in [0.2, 0.25) is 0 Å². The maximum Gasteiger partial charge on any atom is 0.187 e. The lowest BCUT2D eigenvalue weighted by Crippen LogP contribution is -2.18. The van der Waals surface area contributed by atoms with Crippen molar-refractivity contribution in [1.82, 2.24) is 19.5 Å². The van der Waals surface area contributed by atoms with Gasteiger partial charge in [-0.05, 0) is 36.1 Å². The Balaban J connectivity index is 1.41. The minimum atomic E-state index is -3.87. The quantitative estimate of drug-likeness (QED) is 0.249. The molecule has 0 saturated carbocycles. The molecule has 0 unspecified atom stereocenters. The van der Waals surface area contributed by atoms with Crippen molar-refractivity contribution >= 4 is 26.5 Å². The summed E-state index contributed by atoms with van der Waals surface area (Å²) in [5.41, 5.74) is 4.34. The van der Waals surface area contributed by atoms with E-state index >= 15 is 0 Å². The number of rotatable bonds is 10. The molecule has 0 amide bonds. The molecular formula is C29H30N4O4S. The van der Waals surface area contributed by atoms with E-state index in [9.17, 15) is 13.2 Å². The smallest absolute Gasteiger partial charge is 0.187 e. The number of aryl methyl sites for hydroxylation is 1. The zero-order valence-corrected chi connectivity index (χ0v) is 22.5. The Morgan fingerprint density at radius 1 is 1.03 bits per heavy atom. The third-order valence-corrected chi connectivity index (χ3v) is 7.99. The highest BCUT2D eigenvalue weighted by Crippen LogP contribution is 2.28. The standard InChI is InChI=1S/C29H30N4O4S/c1-20(2)15-33-17-24(14-30-33)23-8-6-7-22(12-23)16-32-18-29(27-9-4-5-10-28(27)32)38(35,36)19-26(34)13-25-11-21(3)37-31-25/h4-12,14,17-18,20H,13,15-16,19H2,1-3H3. The predicted octanol–water partition coefficient (Wildman–Crippen LogP) is 5.09. The van der Waals surface area contributed by atoms with Crippen LogP contribution in [-0.4, -0.2) is 39.5 Å². The molecule has 8 nitrogen and oxygen atoms in total. The van der Waals surface area contributed by atoms with E-state index in [4.69, 9.17) is 4.52 Å². The van der Waals surface area contributed by atoms with Crippen LogP contribution >= 0.6 is 0 Å². The number of nitrogens with zero attached hydrogens (tertiary/aromatic N) is 4. The lowest BCUT2D eigenvalue weighted by Gasteiger charge is -2.07. The monoisotopic (exact) mass is 530 g/mol. The summed E-state index contributed by atoms with van der Waals surface area (Å²) < 4.78 is 35.6. The average molecular weight is 531 g/mol. The molecule has 0 aliphatic heterocycles. The van der Waals surface area contributed by atoms with Crippen LogP contribution in [0.4, 0.5) is 0 Å². The summed E-state index contributed by atoms with van der Waals surface area (Å²) in [5, 5.41) is 8.88. The molecule has 196 valence electrons. The Hall–Kier alpha value is -3.98. The zero-order valence-electron chi connectivity index (χ0n) is 21.7. The first-order valence-corrected chi connectivity index (χ1v) is 14.2. The van der Waals surface area contributed by atoms with E-state index in [1.807, 2.05) is 52.0 Å². The molecule has 3 aromatic heterocycles. The second kappa shape index (κ2) is 10.4. The highest BCUT2D eigenvalue weighted by Gasteiger charge is 2.25. The minimum absolute atomic E-state index is 0.0875. The fraction of sp³-hybridized carbons (Fsp3) is 0.276. The third kappa shape index (κ3) is 5.62. The van der Waals surface area contributed by atoms with E-state index in [0.717, 1.165) is 28.8 Å². The largest absolute Gasteiger partial charge is 0.361 e. The van der Waals surface area contributed by atoms with Gasteiger partial charge >= 0.3 is 0 Å². The lowest BCUT2D eigenvalue weighted by atomic mass is 10.1. The van der Waals surface area contributed by atoms with Crippen molar-refractivity contribution in [3.63, 3.8) is 0 Å². The van der Waals surface area contributed by atoms with Crippen molar-refractivity contribution in [3.05, 3.63) is 90.2 Å². The molecule has 9 heteroatoms. The number of carbonyl (C=O) groups excluding carboxylic acids is 1. The van der Waals surface area contributed by atoms with Crippen molar-refractivity contribution < 1.29 is 17.7 Å². The number of sulfone groups is 1. The first-order valence-electron chi connectivity index (χ1n) is 12.5. The number of para-hydroxylation sites is 1. The number of carbonyl (C=O) groups is 1. The lowest BCUT2D eigenvalue weighted by molar-refractivity contribution is -0.116. The van der Waals surface area contributed by atoms with Gasteiger partial charge in [-0.1, -0.05) is 55.4 Å². The van der Waals surface area contributed by atoms with Crippen molar-refractivity contribution in [3.8, 4) is 11.1 Å². The van der Waals surface area contributed by atoms with Gasteiger partial charge < -0.3 is 9.09 Å². The fourth-order valence-electron chi connectivity index (χ4n) is 4.67. The van der Waals surface area contributed by atoms with Gasteiger partial charge in [0, 0.05) is 48.0 Å². The minimum Gasteiger partial charge on any atom is -0.361 e. The number of hydrogen-bond acceptors (Lipinski definition) is 6. The third-order valence-electron chi connectivity index (χ3n) is 6.29. The number of hydrogen-bond donors (Lipinski definition) is 0. The van der Waals surface area contributed by atoms with Crippen LogP contribution in [0.1, 0.15) is 30.9 Å². The van der Waals surface area contributed by atoms with Gasteiger partial charge in [-0.25, -0.2) is 8.42 Å². The molecule has 0 spiro atoms. The van der Waals surface area contributed by atoms with Gasteiger partial charge in [-0.15, -0.1) is 0 Å². The first kappa shape index (κ1) is 25.7. The summed E-state index contributed by atoms with van der Waals surface area (Å²) in [6, 6.07) is 17.2. The number of Topliss-reactive ketones (excluding diaryl/α,β-unsaturated/α-hetero) is 1. The van der Waals surface area contributed by atoms with Crippen LogP contribution in [0.5, 0.6) is 0 Å². The molecule has 0 bridgehead atoms. The highest BCUT2D eigenvalue weighted by molar-refractivity contribution is 7.92.